The monoisotopic (exact) mass is 1250 g/mol. The average Bonchev–Trinajstić information content (AvgIpc) is 1.57. The third kappa shape index (κ3) is 16.0. The van der Waals surface area contributed by atoms with Gasteiger partial charge in [-0.05, 0) is 179 Å². The van der Waals surface area contributed by atoms with Crippen molar-refractivity contribution in [2.75, 3.05) is 4.90 Å². The molecule has 11 aromatic rings. The zero-order valence-corrected chi connectivity index (χ0v) is 58.3. The summed E-state index contributed by atoms with van der Waals surface area (Å²) in [5.74, 6) is 0. The lowest BCUT2D eigenvalue weighted by molar-refractivity contribution is 0.397. The molecule has 0 bridgehead atoms. The van der Waals surface area contributed by atoms with Crippen molar-refractivity contribution in [3.63, 3.8) is 0 Å². The lowest BCUT2D eigenvalue weighted by Gasteiger charge is -2.33. The number of aromatic nitrogens is 1. The second kappa shape index (κ2) is 33.0. The molecule has 1 aromatic heterocycles. The van der Waals surface area contributed by atoms with Gasteiger partial charge in [0.25, 0.3) is 0 Å². The zero-order valence-electron chi connectivity index (χ0n) is 58.3. The fourth-order valence-corrected chi connectivity index (χ4v) is 15.7. The van der Waals surface area contributed by atoms with E-state index < -0.39 is 0 Å². The molecule has 2 nitrogen and oxygen atoms in total. The van der Waals surface area contributed by atoms with Gasteiger partial charge < -0.3 is 9.47 Å². The third-order valence-electron chi connectivity index (χ3n) is 21.3. The molecule has 0 amide bonds. The standard InChI is InChI=1S/C93H106N2/c1-6-9-12-15-17-19-21-23-25-30-65-93(66-31-26-24-22-20-18-16-13-10-7-2)89-67-71(5)37-62-85(89)86-63-52-79(68-90(86)93)77-48-56-82(57-49-77)94(81-54-35-70(4)36-55-81)83-58-50-78(51-59-83)80-53-64-88-87-33-28-29-34-91(87)95(92(88)69-80)84-60-46-76(47-61-84)75-44-42-74(43-45-75)73-40-38-72(39-41-73)32-27-14-11-8-3/h28-29,33-64,67-69H,6-27,30-32,65-66H2,1-5H3. The number of unbranched alkanes of at least 4 members (excludes halogenated alkanes) is 21. The van der Waals surface area contributed by atoms with Gasteiger partial charge in [-0.3, -0.25) is 0 Å². The van der Waals surface area contributed by atoms with Crippen molar-refractivity contribution in [3.8, 4) is 61.3 Å². The Morgan fingerprint density at radius 1 is 0.295 bits per heavy atom. The van der Waals surface area contributed by atoms with E-state index >= 15 is 0 Å². The molecule has 0 aliphatic heterocycles. The molecule has 0 saturated heterocycles. The van der Waals surface area contributed by atoms with Crippen LogP contribution in [0.5, 0.6) is 0 Å². The first-order valence-electron chi connectivity index (χ1n) is 37.5. The number of nitrogens with zero attached hydrogens (tertiary/aromatic N) is 2. The van der Waals surface area contributed by atoms with Gasteiger partial charge in [-0.25, -0.2) is 0 Å². The number of aryl methyl sites for hydroxylation is 3. The molecule has 1 aliphatic rings. The van der Waals surface area contributed by atoms with E-state index in [9.17, 15) is 0 Å². The Labute approximate surface area is 571 Å². The first-order chi connectivity index (χ1) is 46.8. The van der Waals surface area contributed by atoms with Gasteiger partial charge in [0.15, 0.2) is 0 Å². The highest BCUT2D eigenvalue weighted by Crippen LogP contribution is 2.55. The predicted octanol–water partition coefficient (Wildman–Crippen LogP) is 28.5. The van der Waals surface area contributed by atoms with Crippen LogP contribution in [-0.2, 0) is 11.8 Å². The van der Waals surface area contributed by atoms with E-state index in [2.05, 4.69) is 269 Å². The maximum Gasteiger partial charge on any atom is 0.0547 e. The van der Waals surface area contributed by atoms with E-state index in [-0.39, 0.29) is 5.41 Å². The molecule has 1 heterocycles. The van der Waals surface area contributed by atoms with Gasteiger partial charge >= 0.3 is 0 Å². The number of rotatable bonds is 35. The summed E-state index contributed by atoms with van der Waals surface area (Å²) < 4.78 is 2.45. The molecule has 0 saturated carbocycles. The normalized spacial score (nSPS) is 12.4. The summed E-state index contributed by atoms with van der Waals surface area (Å²) in [6.07, 6.45) is 36.2. The number of fused-ring (bicyclic) bond motifs is 6. The van der Waals surface area contributed by atoms with E-state index in [1.165, 1.54) is 261 Å². The molecule has 10 aromatic carbocycles. The quantitative estimate of drug-likeness (QED) is 0.0360. The van der Waals surface area contributed by atoms with Gasteiger partial charge in [0.2, 0.25) is 0 Å². The van der Waals surface area contributed by atoms with Crippen LogP contribution in [-0.4, -0.2) is 4.57 Å². The maximum atomic E-state index is 2.63. The summed E-state index contributed by atoms with van der Waals surface area (Å²) in [5.41, 5.74) is 27.2. The van der Waals surface area contributed by atoms with Crippen LogP contribution in [0.1, 0.15) is 216 Å². The van der Waals surface area contributed by atoms with Gasteiger partial charge in [0, 0.05) is 38.9 Å². The molecule has 12 rings (SSSR count). The third-order valence-corrected chi connectivity index (χ3v) is 21.3. The fraction of sp³-hybridized carbons (Fsp3) is 0.355. The Hall–Kier alpha value is -8.20. The average molecular weight is 1250 g/mol. The van der Waals surface area contributed by atoms with Crippen LogP contribution in [0.4, 0.5) is 17.1 Å². The van der Waals surface area contributed by atoms with E-state index in [4.69, 9.17) is 0 Å². The smallest absolute Gasteiger partial charge is 0.0547 e. The molecule has 0 fully saturated rings. The molecule has 0 spiro atoms. The minimum atomic E-state index is 0.0359. The Morgan fingerprint density at radius 3 is 1.19 bits per heavy atom. The minimum absolute atomic E-state index is 0.0359. The maximum absolute atomic E-state index is 2.63. The van der Waals surface area contributed by atoms with Crippen LogP contribution in [0.2, 0.25) is 0 Å². The Morgan fingerprint density at radius 2 is 0.663 bits per heavy atom. The second-order valence-corrected chi connectivity index (χ2v) is 28.2. The lowest BCUT2D eigenvalue weighted by Crippen LogP contribution is -2.25. The molecule has 95 heavy (non-hydrogen) atoms. The summed E-state index contributed by atoms with van der Waals surface area (Å²) in [7, 11) is 0. The molecule has 2 heteroatoms. The Bertz CT molecular complexity index is 4160. The lowest BCUT2D eigenvalue weighted by atomic mass is 9.70. The number of para-hydroxylation sites is 1. The van der Waals surface area contributed by atoms with E-state index in [1.54, 1.807) is 11.1 Å². The molecule has 1 aliphatic carbocycles. The van der Waals surface area contributed by atoms with Gasteiger partial charge in [-0.15, -0.1) is 0 Å². The molecule has 0 unspecified atom stereocenters. The minimum Gasteiger partial charge on any atom is -0.311 e. The first kappa shape index (κ1) is 66.8. The van der Waals surface area contributed by atoms with E-state index in [0.717, 1.165) is 29.2 Å². The van der Waals surface area contributed by atoms with Crippen LogP contribution < -0.4 is 4.90 Å². The van der Waals surface area contributed by atoms with Crippen molar-refractivity contribution in [2.24, 2.45) is 0 Å². The Kier molecular flexibility index (Phi) is 23.2. The highest BCUT2D eigenvalue weighted by Gasteiger charge is 2.42. The van der Waals surface area contributed by atoms with Gasteiger partial charge in [0.1, 0.15) is 0 Å². The Balaban J connectivity index is 0.786. The van der Waals surface area contributed by atoms with Crippen molar-refractivity contribution in [2.45, 2.75) is 213 Å². The van der Waals surface area contributed by atoms with Gasteiger partial charge in [-0.2, -0.15) is 0 Å². The molecule has 0 atom stereocenters. The van der Waals surface area contributed by atoms with E-state index in [1.807, 2.05) is 0 Å². The largest absolute Gasteiger partial charge is 0.311 e. The zero-order chi connectivity index (χ0) is 65.2. The second-order valence-electron chi connectivity index (χ2n) is 28.2. The summed E-state index contributed by atoms with van der Waals surface area (Å²) in [6, 6.07) is 85.9. The molecule has 488 valence electrons. The van der Waals surface area contributed by atoms with Crippen molar-refractivity contribution >= 4 is 38.9 Å². The van der Waals surface area contributed by atoms with Crippen LogP contribution in [0.25, 0.3) is 83.1 Å². The van der Waals surface area contributed by atoms with Crippen LogP contribution in [0, 0.1) is 13.8 Å². The van der Waals surface area contributed by atoms with Crippen molar-refractivity contribution < 1.29 is 0 Å². The van der Waals surface area contributed by atoms with E-state index in [0.29, 0.717) is 0 Å². The number of anilines is 3. The number of hydrogen-bond acceptors (Lipinski definition) is 1. The van der Waals surface area contributed by atoms with Crippen LogP contribution in [0.15, 0.2) is 224 Å². The topological polar surface area (TPSA) is 8.17 Å². The summed E-state index contributed by atoms with van der Waals surface area (Å²) in [6.45, 7) is 11.4. The van der Waals surface area contributed by atoms with Crippen LogP contribution >= 0.6 is 0 Å². The molecular formula is C93H106N2. The highest BCUT2D eigenvalue weighted by molar-refractivity contribution is 6.10. The number of benzene rings is 10. The van der Waals surface area contributed by atoms with Crippen molar-refractivity contribution in [1.29, 1.82) is 0 Å². The van der Waals surface area contributed by atoms with Crippen molar-refractivity contribution in [3.05, 3.63) is 252 Å². The molecule has 0 radical (unpaired) electrons. The summed E-state index contributed by atoms with van der Waals surface area (Å²) in [4.78, 5) is 2.42. The van der Waals surface area contributed by atoms with Gasteiger partial charge in [0.05, 0.1) is 11.0 Å². The van der Waals surface area contributed by atoms with Crippen LogP contribution in [0.3, 0.4) is 0 Å². The predicted molar refractivity (Wildman–Crippen MR) is 414 cm³/mol. The first-order valence-corrected chi connectivity index (χ1v) is 37.5. The highest BCUT2D eigenvalue weighted by atomic mass is 15.1. The number of hydrogen-bond donors (Lipinski definition) is 0. The fourth-order valence-electron chi connectivity index (χ4n) is 15.7. The SMILES string of the molecule is CCCCCCCCCCCCC1(CCCCCCCCCCCC)c2cc(C)ccc2-c2ccc(-c3ccc(N(c4ccc(C)cc4)c4ccc(-c5ccc6c7ccccc7n(-c7ccc(-c8ccc(-c9ccc(CCCCCC)cc9)cc8)cc7)c6c5)cc4)cc3)cc21. The van der Waals surface area contributed by atoms with Gasteiger partial charge in [-0.1, -0.05) is 337 Å². The summed E-state index contributed by atoms with van der Waals surface area (Å²) in [5, 5.41) is 2.52. The molecular weight excluding hydrogens is 1150 g/mol. The molecule has 0 N–H and O–H groups in total. The van der Waals surface area contributed by atoms with Crippen molar-refractivity contribution in [1.82, 2.24) is 4.57 Å². The summed E-state index contributed by atoms with van der Waals surface area (Å²) >= 11 is 0.